The van der Waals surface area contributed by atoms with E-state index in [4.69, 9.17) is 5.73 Å². The second-order valence-electron chi connectivity index (χ2n) is 5.22. The van der Waals surface area contributed by atoms with Gasteiger partial charge in [-0.05, 0) is 24.1 Å². The van der Waals surface area contributed by atoms with E-state index in [0.717, 1.165) is 11.3 Å². The maximum Gasteiger partial charge on any atom is 0.175 e. The monoisotopic (exact) mass is 281 g/mol. The minimum atomic E-state index is -3.21. The molecule has 2 rings (SSSR count). The highest BCUT2D eigenvalue weighted by Crippen LogP contribution is 2.24. The molecule has 1 aromatic heterocycles. The first kappa shape index (κ1) is 14.0. The smallest absolute Gasteiger partial charge is 0.175 e. The van der Waals surface area contributed by atoms with Crippen molar-refractivity contribution in [2.75, 3.05) is 6.26 Å². The zero-order valence-corrected chi connectivity index (χ0v) is 12.4. The molecule has 0 aliphatic rings. The number of imidazole rings is 1. The van der Waals surface area contributed by atoms with Crippen LogP contribution >= 0.6 is 0 Å². The lowest BCUT2D eigenvalue weighted by Crippen LogP contribution is -2.20. The third-order valence-corrected chi connectivity index (χ3v) is 4.44. The van der Waals surface area contributed by atoms with Gasteiger partial charge in [0.2, 0.25) is 0 Å². The van der Waals surface area contributed by atoms with Crippen LogP contribution in [0.1, 0.15) is 25.7 Å². The Kier molecular flexibility index (Phi) is 3.40. The lowest BCUT2D eigenvalue weighted by atomic mass is 10.1. The molecule has 19 heavy (non-hydrogen) atoms. The highest BCUT2D eigenvalue weighted by atomic mass is 32.2. The Balaban J connectivity index is 2.64. The molecule has 6 heteroatoms. The van der Waals surface area contributed by atoms with Crippen LogP contribution in [-0.4, -0.2) is 24.2 Å². The molecule has 0 saturated heterocycles. The average Bonchev–Trinajstić information content (AvgIpc) is 2.64. The maximum atomic E-state index is 11.6. The van der Waals surface area contributed by atoms with E-state index in [0.29, 0.717) is 5.52 Å². The van der Waals surface area contributed by atoms with Crippen LogP contribution in [0.5, 0.6) is 0 Å². The van der Waals surface area contributed by atoms with Crippen LogP contribution in [0, 0.1) is 5.92 Å². The van der Waals surface area contributed by atoms with Crippen LogP contribution in [0.2, 0.25) is 0 Å². The summed E-state index contributed by atoms with van der Waals surface area (Å²) in [5.74, 6) is 1.04. The fourth-order valence-corrected chi connectivity index (χ4v) is 2.67. The quantitative estimate of drug-likeness (QED) is 0.927. The van der Waals surface area contributed by atoms with Crippen molar-refractivity contribution >= 4 is 20.9 Å². The number of sulfone groups is 1. The molecule has 2 aromatic rings. The van der Waals surface area contributed by atoms with Gasteiger partial charge in [0.1, 0.15) is 5.82 Å². The van der Waals surface area contributed by atoms with Gasteiger partial charge >= 0.3 is 0 Å². The van der Waals surface area contributed by atoms with Gasteiger partial charge < -0.3 is 10.3 Å². The fraction of sp³-hybridized carbons (Fsp3) is 0.462. The standard InChI is InChI=1S/C13H19N3O2S/c1-8(2)12(14)13-15-10-7-9(19(4,17)18)5-6-11(10)16(13)3/h5-8,12H,14H2,1-4H3. The normalized spacial score (nSPS) is 14.2. The zero-order chi connectivity index (χ0) is 14.4. The molecule has 0 fully saturated rings. The molecule has 0 radical (unpaired) electrons. The number of aryl methyl sites for hydroxylation is 1. The molecule has 1 unspecified atom stereocenters. The molecule has 0 saturated carbocycles. The Morgan fingerprint density at radius 1 is 1.32 bits per heavy atom. The number of aromatic nitrogens is 2. The van der Waals surface area contributed by atoms with Crippen molar-refractivity contribution < 1.29 is 8.42 Å². The number of benzene rings is 1. The van der Waals surface area contributed by atoms with Crippen molar-refractivity contribution in [1.29, 1.82) is 0 Å². The SMILES string of the molecule is CC(C)C(N)c1nc2cc(S(C)(=O)=O)ccc2n1C. The van der Waals surface area contributed by atoms with Gasteiger partial charge in [-0.2, -0.15) is 0 Å². The van der Waals surface area contributed by atoms with E-state index in [1.54, 1.807) is 18.2 Å². The summed E-state index contributed by atoms with van der Waals surface area (Å²) in [6.07, 6.45) is 1.19. The van der Waals surface area contributed by atoms with Gasteiger partial charge in [0, 0.05) is 13.3 Å². The molecule has 0 amide bonds. The van der Waals surface area contributed by atoms with E-state index in [9.17, 15) is 8.42 Å². The maximum absolute atomic E-state index is 11.6. The van der Waals surface area contributed by atoms with E-state index in [1.165, 1.54) is 6.26 Å². The summed E-state index contributed by atoms with van der Waals surface area (Å²) >= 11 is 0. The first-order valence-electron chi connectivity index (χ1n) is 6.14. The first-order valence-corrected chi connectivity index (χ1v) is 8.03. The number of fused-ring (bicyclic) bond motifs is 1. The average molecular weight is 281 g/mol. The molecular formula is C13H19N3O2S. The van der Waals surface area contributed by atoms with E-state index in [-0.39, 0.29) is 16.9 Å². The molecule has 1 atom stereocenters. The number of hydrogen-bond acceptors (Lipinski definition) is 4. The second kappa shape index (κ2) is 4.61. The van der Waals surface area contributed by atoms with Crippen molar-refractivity contribution in [1.82, 2.24) is 9.55 Å². The van der Waals surface area contributed by atoms with Crippen LogP contribution < -0.4 is 5.73 Å². The number of rotatable bonds is 3. The van der Waals surface area contributed by atoms with Gasteiger partial charge in [-0.15, -0.1) is 0 Å². The molecule has 1 heterocycles. The molecule has 0 bridgehead atoms. The molecule has 0 aliphatic carbocycles. The number of hydrogen-bond donors (Lipinski definition) is 1. The van der Waals surface area contributed by atoms with E-state index in [2.05, 4.69) is 4.98 Å². The van der Waals surface area contributed by atoms with Crippen LogP contribution in [0.25, 0.3) is 11.0 Å². The van der Waals surface area contributed by atoms with E-state index >= 15 is 0 Å². The summed E-state index contributed by atoms with van der Waals surface area (Å²) in [7, 11) is -1.32. The van der Waals surface area contributed by atoms with Gasteiger partial charge in [0.25, 0.3) is 0 Å². The third kappa shape index (κ3) is 2.50. The lowest BCUT2D eigenvalue weighted by molar-refractivity contribution is 0.480. The molecular weight excluding hydrogens is 262 g/mol. The predicted molar refractivity (Wildman–Crippen MR) is 75.6 cm³/mol. The van der Waals surface area contributed by atoms with Gasteiger partial charge in [-0.1, -0.05) is 13.8 Å². The minimum absolute atomic E-state index is 0.168. The lowest BCUT2D eigenvalue weighted by Gasteiger charge is -2.14. The van der Waals surface area contributed by atoms with Gasteiger partial charge in [0.05, 0.1) is 22.0 Å². The summed E-state index contributed by atoms with van der Waals surface area (Å²) in [6, 6.07) is 4.81. The number of nitrogens with zero attached hydrogens (tertiary/aromatic N) is 2. The second-order valence-corrected chi connectivity index (χ2v) is 7.24. The van der Waals surface area contributed by atoms with Crippen molar-refractivity contribution in [3.8, 4) is 0 Å². The van der Waals surface area contributed by atoms with Crippen LogP contribution in [0.4, 0.5) is 0 Å². The third-order valence-electron chi connectivity index (χ3n) is 3.33. The highest BCUT2D eigenvalue weighted by Gasteiger charge is 2.19. The Morgan fingerprint density at radius 2 is 1.95 bits per heavy atom. The highest BCUT2D eigenvalue weighted by molar-refractivity contribution is 7.90. The van der Waals surface area contributed by atoms with Crippen molar-refractivity contribution in [3.05, 3.63) is 24.0 Å². The van der Waals surface area contributed by atoms with Crippen molar-refractivity contribution in [2.45, 2.75) is 24.8 Å². The predicted octanol–water partition coefficient (Wildman–Crippen LogP) is 1.63. The first-order chi connectivity index (χ1) is 8.71. The van der Waals surface area contributed by atoms with Crippen molar-refractivity contribution in [2.24, 2.45) is 18.7 Å². The van der Waals surface area contributed by atoms with Crippen LogP contribution in [-0.2, 0) is 16.9 Å². The van der Waals surface area contributed by atoms with E-state index in [1.807, 2.05) is 25.5 Å². The van der Waals surface area contributed by atoms with Gasteiger partial charge in [-0.25, -0.2) is 13.4 Å². The van der Waals surface area contributed by atoms with Crippen molar-refractivity contribution in [3.63, 3.8) is 0 Å². The minimum Gasteiger partial charge on any atom is -0.330 e. The summed E-state index contributed by atoms with van der Waals surface area (Å²) in [5, 5.41) is 0. The Hall–Kier alpha value is -1.40. The zero-order valence-electron chi connectivity index (χ0n) is 11.6. The fourth-order valence-electron chi connectivity index (χ4n) is 2.03. The Labute approximate surface area is 113 Å². The Morgan fingerprint density at radius 3 is 2.47 bits per heavy atom. The summed E-state index contributed by atoms with van der Waals surface area (Å²) in [6.45, 7) is 4.07. The van der Waals surface area contributed by atoms with Gasteiger partial charge in [0.15, 0.2) is 9.84 Å². The number of nitrogens with two attached hydrogens (primary N) is 1. The Bertz CT molecular complexity index is 717. The molecule has 1 aromatic carbocycles. The topological polar surface area (TPSA) is 78.0 Å². The van der Waals surface area contributed by atoms with Crippen LogP contribution in [0.3, 0.4) is 0 Å². The summed E-state index contributed by atoms with van der Waals surface area (Å²) < 4.78 is 25.0. The summed E-state index contributed by atoms with van der Waals surface area (Å²) in [5.41, 5.74) is 7.68. The molecule has 0 aliphatic heterocycles. The molecule has 5 nitrogen and oxygen atoms in total. The largest absolute Gasteiger partial charge is 0.330 e. The van der Waals surface area contributed by atoms with Gasteiger partial charge in [-0.3, -0.25) is 0 Å². The van der Waals surface area contributed by atoms with Crippen LogP contribution in [0.15, 0.2) is 23.1 Å². The van der Waals surface area contributed by atoms with E-state index < -0.39 is 9.84 Å². The molecule has 104 valence electrons. The molecule has 0 spiro atoms. The summed E-state index contributed by atoms with van der Waals surface area (Å²) in [4.78, 5) is 4.76. The molecule has 2 N–H and O–H groups in total.